The topological polar surface area (TPSA) is 270 Å². The number of halogens is 7. The van der Waals surface area contributed by atoms with E-state index in [-0.39, 0.29) is 95.9 Å². The van der Waals surface area contributed by atoms with Crippen LogP contribution in [0.15, 0.2) is 0 Å². The van der Waals surface area contributed by atoms with Gasteiger partial charge >= 0.3 is 12.4 Å². The highest BCUT2D eigenvalue weighted by Crippen LogP contribution is 2.46. The van der Waals surface area contributed by atoms with Gasteiger partial charge in [0, 0.05) is 74.3 Å². The molecule has 6 fully saturated rings. The number of carbonyl (C=O) groups excluding carboxylic acids is 12. The van der Waals surface area contributed by atoms with E-state index in [1.807, 2.05) is 13.8 Å². The molecule has 5 unspecified atom stereocenters. The number of fused-ring (bicyclic) bond motifs is 1. The molecule has 1 spiro atoms. The molecule has 3 heterocycles. The first kappa shape index (κ1) is 84.4. The van der Waals surface area contributed by atoms with Crippen LogP contribution >= 0.6 is 11.6 Å². The number of nitrogens with one attached hydrogen (secondary N) is 3. The Morgan fingerprint density at radius 2 is 1.18 bits per heavy atom. The highest BCUT2D eigenvalue weighted by molar-refractivity contribution is 6.21. The van der Waals surface area contributed by atoms with Gasteiger partial charge in [-0.3, -0.25) is 57.5 Å². The standard InChI is InChI=1S/C71H113ClF6N12O12/c1-14-44(6)59-66(100)84(9)40-57(93)82(7)41-58(94)86(11)53(37-46-23-16-17-24-47(46)70(73,74)75)64(98)83(8)39-55(91)79-50(29-27-45-26-28-48(49(72)36-45)71(76,77)78)63(97)90-34-22-25-51(90)62(96)81-69(30-18-19-31-69)68(102)88(13)60(43(4)5)67(101)87(12)54(65(99)89-32-20-15-21-33-89)38-56(92)85(10)52(35-42(2)3)61(95)80-59/h42-54,59-60H,14-41H2,1-13H3,(H,79,91)(H,80,95)(H,81,96)/t44-,45?,46?,47?,48?,49?,50-,51-,52-,53-,54-,59-,60-/m0/s1. The summed E-state index contributed by atoms with van der Waals surface area (Å²) in [4.78, 5) is 189. The van der Waals surface area contributed by atoms with Gasteiger partial charge < -0.3 is 60.0 Å². The molecular formula is C71H113ClF6N12O12. The van der Waals surface area contributed by atoms with Crippen LogP contribution in [0.4, 0.5) is 26.3 Å². The maximum Gasteiger partial charge on any atom is 0.393 e. The maximum atomic E-state index is 15.4. The number of alkyl halides is 7. The number of likely N-dealkylation sites (N-methyl/N-ethyl adjacent to an activating group) is 7. The molecule has 24 nitrogen and oxygen atoms in total. The van der Waals surface area contributed by atoms with Crippen molar-refractivity contribution < 1.29 is 83.9 Å². The van der Waals surface area contributed by atoms with Crippen LogP contribution in [0, 0.1) is 41.4 Å². The van der Waals surface area contributed by atoms with E-state index >= 15 is 19.2 Å². The molecule has 0 aromatic heterocycles. The highest BCUT2D eigenvalue weighted by atomic mass is 35.5. The summed E-state index contributed by atoms with van der Waals surface area (Å²) >= 11 is 6.36. The van der Waals surface area contributed by atoms with Crippen molar-refractivity contribution in [1.29, 1.82) is 0 Å². The Labute approximate surface area is 602 Å². The van der Waals surface area contributed by atoms with Crippen molar-refractivity contribution in [2.75, 3.05) is 88.6 Å². The summed E-state index contributed by atoms with van der Waals surface area (Å²) in [5.41, 5.74) is -1.62. The largest absolute Gasteiger partial charge is 0.393 e. The minimum absolute atomic E-state index is 0.0170. The zero-order valence-corrected chi connectivity index (χ0v) is 62.8. The maximum absolute atomic E-state index is 15.4. The van der Waals surface area contributed by atoms with Crippen molar-refractivity contribution in [3.8, 4) is 0 Å². The van der Waals surface area contributed by atoms with Crippen LogP contribution in [0.1, 0.15) is 183 Å². The quantitative estimate of drug-likeness (QED) is 0.151. The predicted octanol–water partition coefficient (Wildman–Crippen LogP) is 6.35. The van der Waals surface area contributed by atoms with E-state index in [0.717, 1.165) is 26.0 Å². The molecule has 13 atom stereocenters. The predicted molar refractivity (Wildman–Crippen MR) is 368 cm³/mol. The average Bonchev–Trinajstić information content (AvgIpc) is 1.82. The summed E-state index contributed by atoms with van der Waals surface area (Å²) in [6, 6.07) is -9.63. The number of piperidine rings is 1. The Morgan fingerprint density at radius 3 is 1.76 bits per heavy atom. The molecular weight excluding hydrogens is 1360 g/mol. The zero-order chi connectivity index (χ0) is 76.2. The van der Waals surface area contributed by atoms with Gasteiger partial charge in [-0.15, -0.1) is 11.6 Å². The Hall–Kier alpha value is -6.49. The first-order valence-electron chi connectivity index (χ1n) is 36.7. The van der Waals surface area contributed by atoms with Crippen molar-refractivity contribution in [2.24, 2.45) is 41.4 Å². The SMILES string of the molecule is CC[C@H](C)[C@@H]1NC(=O)[C@H](CC(C)C)N(C)C(=O)C[C@@H](C(=O)N2CCCCC2)N(C)C(=O)[C@H](C(C)C)N(C)C(=O)C2(CCCC2)NC(=O)[C@@H]2CCCN2C(=O)[C@H](CCC2CCC(C(F)(F)F)C(Cl)C2)NC(=O)CN(C)C(=O)[C@H](CC2CCCCC2C(F)(F)F)N(C)C(=O)CN(C)C(=O)CN(C)C1=O. The Bertz CT molecular complexity index is 2990. The van der Waals surface area contributed by atoms with Crippen molar-refractivity contribution in [3.63, 3.8) is 0 Å². The van der Waals surface area contributed by atoms with E-state index in [1.54, 1.807) is 32.6 Å². The number of hydrogen-bond acceptors (Lipinski definition) is 12. The molecule has 0 aromatic carbocycles. The van der Waals surface area contributed by atoms with Gasteiger partial charge in [0.05, 0.1) is 37.9 Å². The number of amides is 12. The molecule has 0 radical (unpaired) electrons. The van der Waals surface area contributed by atoms with Crippen LogP contribution in [0.5, 0.6) is 0 Å². The van der Waals surface area contributed by atoms with Crippen LogP contribution in [-0.4, -0.2) is 269 Å². The lowest BCUT2D eigenvalue weighted by molar-refractivity contribution is -0.198. The van der Waals surface area contributed by atoms with Gasteiger partial charge in [0.15, 0.2) is 0 Å². The van der Waals surface area contributed by atoms with Crippen molar-refractivity contribution in [3.05, 3.63) is 0 Å². The number of likely N-dealkylation sites (tertiary alicyclic amines) is 1. The molecule has 12 amide bonds. The monoisotopic (exact) mass is 1470 g/mol. The molecule has 3 aliphatic heterocycles. The van der Waals surface area contributed by atoms with Crippen LogP contribution < -0.4 is 16.0 Å². The van der Waals surface area contributed by atoms with Crippen LogP contribution in [-0.2, 0) is 57.5 Å². The zero-order valence-electron chi connectivity index (χ0n) is 62.0. The summed E-state index contributed by atoms with van der Waals surface area (Å²) in [7, 11) is 9.12. The molecule has 0 aromatic rings. The summed E-state index contributed by atoms with van der Waals surface area (Å²) in [5.74, 6) is -15.8. The minimum atomic E-state index is -4.68. The number of nitrogens with zero attached hydrogens (tertiary/aromatic N) is 9. The van der Waals surface area contributed by atoms with E-state index in [4.69, 9.17) is 11.6 Å². The Balaban J connectivity index is 1.43. The van der Waals surface area contributed by atoms with Crippen LogP contribution in [0.2, 0.25) is 0 Å². The molecule has 3 saturated heterocycles. The van der Waals surface area contributed by atoms with Crippen molar-refractivity contribution in [2.45, 2.75) is 248 Å². The van der Waals surface area contributed by atoms with E-state index in [0.29, 0.717) is 51.6 Å². The third-order valence-electron chi connectivity index (χ3n) is 22.6. The fraction of sp³-hybridized carbons (Fsp3) is 0.831. The van der Waals surface area contributed by atoms with Crippen LogP contribution in [0.3, 0.4) is 0 Å². The summed E-state index contributed by atoms with van der Waals surface area (Å²) in [5, 5.41) is 7.24. The molecule has 0 bridgehead atoms. The molecule has 31 heteroatoms. The second-order valence-corrected chi connectivity index (χ2v) is 31.3. The second kappa shape index (κ2) is 36.5. The summed E-state index contributed by atoms with van der Waals surface area (Å²) in [6.45, 7) is 8.99. The van der Waals surface area contributed by atoms with Gasteiger partial charge in [-0.25, -0.2) is 0 Å². The average molecular weight is 1480 g/mol. The van der Waals surface area contributed by atoms with E-state index in [9.17, 15) is 64.7 Å². The number of rotatable bonds is 11. The molecule has 3 aliphatic carbocycles. The third-order valence-corrected chi connectivity index (χ3v) is 23.0. The molecule has 6 rings (SSSR count). The van der Waals surface area contributed by atoms with Gasteiger partial charge in [0.2, 0.25) is 70.9 Å². The lowest BCUT2D eigenvalue weighted by Gasteiger charge is -2.42. The van der Waals surface area contributed by atoms with Crippen molar-refractivity contribution in [1.82, 2.24) is 60.0 Å². The Morgan fingerprint density at radius 1 is 0.578 bits per heavy atom. The Kier molecular flexibility index (Phi) is 30.2. The van der Waals surface area contributed by atoms with Gasteiger partial charge in [0.1, 0.15) is 47.8 Å². The van der Waals surface area contributed by atoms with E-state index in [2.05, 4.69) is 16.0 Å². The lowest BCUT2D eigenvalue weighted by Crippen LogP contribution is -2.65. The smallest absolute Gasteiger partial charge is 0.343 e. The fourth-order valence-electron chi connectivity index (χ4n) is 16.1. The van der Waals surface area contributed by atoms with E-state index in [1.165, 1.54) is 68.9 Å². The van der Waals surface area contributed by atoms with E-state index < -0.39 is 204 Å². The van der Waals surface area contributed by atoms with Crippen molar-refractivity contribution >= 4 is 82.5 Å². The third kappa shape index (κ3) is 21.2. The minimum Gasteiger partial charge on any atom is -0.343 e. The number of hydrogen-bond donors (Lipinski definition) is 3. The highest BCUT2D eigenvalue weighted by Gasteiger charge is 2.53. The second-order valence-electron chi connectivity index (χ2n) is 30.8. The fourth-order valence-corrected chi connectivity index (χ4v) is 16.6. The molecule has 6 aliphatic rings. The molecule has 3 N–H and O–H groups in total. The lowest BCUT2D eigenvalue weighted by atomic mass is 9.75. The molecule has 102 heavy (non-hydrogen) atoms. The molecule has 3 saturated carbocycles. The first-order chi connectivity index (χ1) is 47.6. The first-order valence-corrected chi connectivity index (χ1v) is 37.2. The van der Waals surface area contributed by atoms with Gasteiger partial charge in [0.25, 0.3) is 0 Å². The van der Waals surface area contributed by atoms with Gasteiger partial charge in [-0.05, 0) is 132 Å². The normalized spacial score (nSPS) is 30.2. The molecule has 578 valence electrons. The van der Waals surface area contributed by atoms with Gasteiger partial charge in [-0.2, -0.15) is 26.3 Å². The number of carbonyl (C=O) groups is 12. The summed E-state index contributed by atoms with van der Waals surface area (Å²) in [6.07, 6.45) is -6.18. The summed E-state index contributed by atoms with van der Waals surface area (Å²) < 4.78 is 86.3. The van der Waals surface area contributed by atoms with Gasteiger partial charge in [-0.1, -0.05) is 73.6 Å². The van der Waals surface area contributed by atoms with Crippen LogP contribution in [0.25, 0.3) is 0 Å².